The van der Waals surface area contributed by atoms with Crippen molar-refractivity contribution in [2.75, 3.05) is 13.2 Å². The van der Waals surface area contributed by atoms with Crippen molar-refractivity contribution in [2.24, 2.45) is 0 Å². The van der Waals surface area contributed by atoms with Crippen molar-refractivity contribution in [3.63, 3.8) is 0 Å². The van der Waals surface area contributed by atoms with Gasteiger partial charge in [-0.15, -0.1) is 0 Å². The first kappa shape index (κ1) is 16.4. The van der Waals surface area contributed by atoms with Gasteiger partial charge in [0.25, 0.3) is 0 Å². The predicted octanol–water partition coefficient (Wildman–Crippen LogP) is 2.07. The van der Waals surface area contributed by atoms with E-state index in [1.165, 1.54) is 24.3 Å². The fraction of sp³-hybridized carbons (Fsp3) is 0.500. The van der Waals surface area contributed by atoms with E-state index >= 15 is 0 Å². The number of amides is 1. The summed E-state index contributed by atoms with van der Waals surface area (Å²) in [6.07, 6.45) is 4.33. The highest BCUT2D eigenvalue weighted by atomic mass is 19.1. The standard InChI is InChI=1S/C16H20FNO4/c17-12-7-5-11(6-8-12)14(16(20)21)9-18-15(19)10-22-13-3-1-2-4-13/h5-8,13-14H,1-4,9-10H2,(H,18,19)(H,20,21). The lowest BCUT2D eigenvalue weighted by molar-refractivity contribution is -0.138. The predicted molar refractivity (Wildman–Crippen MR) is 78.0 cm³/mol. The van der Waals surface area contributed by atoms with Gasteiger partial charge in [-0.25, -0.2) is 4.39 Å². The molecule has 5 nitrogen and oxygen atoms in total. The molecule has 1 atom stereocenters. The van der Waals surface area contributed by atoms with E-state index < -0.39 is 17.7 Å². The van der Waals surface area contributed by atoms with E-state index in [-0.39, 0.29) is 25.2 Å². The van der Waals surface area contributed by atoms with E-state index in [0.29, 0.717) is 5.56 Å². The van der Waals surface area contributed by atoms with Gasteiger partial charge in [0.1, 0.15) is 12.4 Å². The number of halogens is 1. The van der Waals surface area contributed by atoms with Crippen molar-refractivity contribution in [2.45, 2.75) is 37.7 Å². The largest absolute Gasteiger partial charge is 0.481 e. The lowest BCUT2D eigenvalue weighted by atomic mass is 9.99. The summed E-state index contributed by atoms with van der Waals surface area (Å²) in [6.45, 7) is -0.103. The summed E-state index contributed by atoms with van der Waals surface area (Å²) in [6, 6.07) is 5.23. The van der Waals surface area contributed by atoms with Crippen LogP contribution in [0.25, 0.3) is 0 Å². The van der Waals surface area contributed by atoms with Crippen LogP contribution in [0.4, 0.5) is 4.39 Å². The number of rotatable bonds is 7. The minimum atomic E-state index is -1.07. The van der Waals surface area contributed by atoms with Gasteiger partial charge in [-0.05, 0) is 30.5 Å². The lowest BCUT2D eigenvalue weighted by Crippen LogP contribution is -2.34. The highest BCUT2D eigenvalue weighted by Crippen LogP contribution is 2.20. The zero-order chi connectivity index (χ0) is 15.9. The van der Waals surface area contributed by atoms with Gasteiger partial charge < -0.3 is 15.2 Å². The topological polar surface area (TPSA) is 75.6 Å². The van der Waals surface area contributed by atoms with Crippen LogP contribution < -0.4 is 5.32 Å². The maximum Gasteiger partial charge on any atom is 0.312 e. The van der Waals surface area contributed by atoms with Gasteiger partial charge in [0.2, 0.25) is 5.91 Å². The minimum absolute atomic E-state index is 0.0478. The molecule has 1 unspecified atom stereocenters. The molecule has 6 heteroatoms. The van der Waals surface area contributed by atoms with Crippen molar-refractivity contribution in [1.29, 1.82) is 0 Å². The smallest absolute Gasteiger partial charge is 0.312 e. The Bertz CT molecular complexity index is 511. The molecular weight excluding hydrogens is 289 g/mol. The first-order valence-corrected chi connectivity index (χ1v) is 7.43. The Morgan fingerprint density at radius 2 is 1.91 bits per heavy atom. The van der Waals surface area contributed by atoms with E-state index in [9.17, 15) is 19.1 Å². The molecule has 1 fully saturated rings. The van der Waals surface area contributed by atoms with Crippen molar-refractivity contribution >= 4 is 11.9 Å². The molecule has 0 aromatic heterocycles. The maximum absolute atomic E-state index is 12.9. The molecule has 1 aromatic carbocycles. The molecule has 1 saturated carbocycles. The van der Waals surface area contributed by atoms with E-state index in [1.54, 1.807) is 0 Å². The molecule has 0 heterocycles. The van der Waals surface area contributed by atoms with Gasteiger partial charge in [0, 0.05) is 6.54 Å². The monoisotopic (exact) mass is 309 g/mol. The average molecular weight is 309 g/mol. The Kier molecular flexibility index (Phi) is 5.89. The van der Waals surface area contributed by atoms with Crippen LogP contribution in [0.2, 0.25) is 0 Å². The Hall–Kier alpha value is -1.95. The van der Waals surface area contributed by atoms with Crippen LogP contribution >= 0.6 is 0 Å². The van der Waals surface area contributed by atoms with Crippen LogP contribution in [-0.4, -0.2) is 36.2 Å². The number of carbonyl (C=O) groups excluding carboxylic acids is 1. The molecule has 1 aliphatic carbocycles. The number of carbonyl (C=O) groups is 2. The first-order chi connectivity index (χ1) is 10.6. The Labute approximate surface area is 128 Å². The van der Waals surface area contributed by atoms with Gasteiger partial charge in [-0.3, -0.25) is 9.59 Å². The zero-order valence-corrected chi connectivity index (χ0v) is 12.3. The second kappa shape index (κ2) is 7.89. The van der Waals surface area contributed by atoms with Crippen LogP contribution in [0.1, 0.15) is 37.2 Å². The third-order valence-electron chi connectivity index (χ3n) is 3.83. The van der Waals surface area contributed by atoms with E-state index in [1.807, 2.05) is 0 Å². The van der Waals surface area contributed by atoms with E-state index in [4.69, 9.17) is 4.74 Å². The number of nitrogens with one attached hydrogen (secondary N) is 1. The number of aliphatic carboxylic acids is 1. The highest BCUT2D eigenvalue weighted by molar-refractivity contribution is 5.80. The quantitative estimate of drug-likeness (QED) is 0.808. The fourth-order valence-corrected chi connectivity index (χ4v) is 2.56. The third kappa shape index (κ3) is 4.80. The lowest BCUT2D eigenvalue weighted by Gasteiger charge is -2.15. The molecule has 0 spiro atoms. The van der Waals surface area contributed by atoms with Crippen molar-refractivity contribution in [1.82, 2.24) is 5.32 Å². The molecule has 120 valence electrons. The van der Waals surface area contributed by atoms with Crippen LogP contribution in [0.15, 0.2) is 24.3 Å². The second-order valence-electron chi connectivity index (χ2n) is 5.46. The molecule has 0 radical (unpaired) electrons. The molecular formula is C16H20FNO4. The highest BCUT2D eigenvalue weighted by Gasteiger charge is 2.21. The summed E-state index contributed by atoms with van der Waals surface area (Å²) in [4.78, 5) is 23.0. The van der Waals surface area contributed by atoms with Gasteiger partial charge in [-0.1, -0.05) is 25.0 Å². The summed E-state index contributed by atoms with van der Waals surface area (Å²) in [5, 5.41) is 11.8. The van der Waals surface area contributed by atoms with Crippen LogP contribution in [0, 0.1) is 5.82 Å². The molecule has 2 rings (SSSR count). The molecule has 0 aliphatic heterocycles. The van der Waals surface area contributed by atoms with Crippen molar-refractivity contribution < 1.29 is 23.8 Å². The number of benzene rings is 1. The molecule has 0 saturated heterocycles. The van der Waals surface area contributed by atoms with Gasteiger partial charge in [-0.2, -0.15) is 0 Å². The minimum Gasteiger partial charge on any atom is -0.481 e. The maximum atomic E-state index is 12.9. The molecule has 1 amide bonds. The van der Waals surface area contributed by atoms with Crippen LogP contribution in [-0.2, 0) is 14.3 Å². The average Bonchev–Trinajstić information content (AvgIpc) is 3.00. The summed E-state index contributed by atoms with van der Waals surface area (Å²) in [7, 11) is 0. The summed E-state index contributed by atoms with van der Waals surface area (Å²) >= 11 is 0. The molecule has 0 bridgehead atoms. The van der Waals surface area contributed by atoms with Crippen molar-refractivity contribution in [3.05, 3.63) is 35.6 Å². The number of carboxylic acids is 1. The zero-order valence-electron chi connectivity index (χ0n) is 12.3. The number of carboxylic acid groups (broad SMARTS) is 1. The van der Waals surface area contributed by atoms with Crippen molar-refractivity contribution in [3.8, 4) is 0 Å². The van der Waals surface area contributed by atoms with Gasteiger partial charge in [0.05, 0.1) is 12.0 Å². The molecule has 1 aromatic rings. The molecule has 1 aliphatic rings. The summed E-state index contributed by atoms with van der Waals surface area (Å²) in [5.74, 6) is -2.73. The Balaban J connectivity index is 1.82. The van der Waals surface area contributed by atoms with Gasteiger partial charge >= 0.3 is 5.97 Å². The Morgan fingerprint density at radius 3 is 2.50 bits per heavy atom. The first-order valence-electron chi connectivity index (χ1n) is 7.43. The third-order valence-corrected chi connectivity index (χ3v) is 3.83. The van der Waals surface area contributed by atoms with Crippen LogP contribution in [0.3, 0.4) is 0 Å². The normalized spacial score (nSPS) is 16.4. The summed E-state index contributed by atoms with van der Waals surface area (Å²) in [5.41, 5.74) is 0.450. The number of hydrogen-bond acceptors (Lipinski definition) is 3. The SMILES string of the molecule is O=C(COC1CCCC1)NCC(C(=O)O)c1ccc(F)cc1. The summed E-state index contributed by atoms with van der Waals surface area (Å²) < 4.78 is 18.3. The fourth-order valence-electron chi connectivity index (χ4n) is 2.56. The van der Waals surface area contributed by atoms with Crippen LogP contribution in [0.5, 0.6) is 0 Å². The van der Waals surface area contributed by atoms with E-state index in [2.05, 4.69) is 5.32 Å². The van der Waals surface area contributed by atoms with Gasteiger partial charge in [0.15, 0.2) is 0 Å². The second-order valence-corrected chi connectivity index (χ2v) is 5.46. The number of ether oxygens (including phenoxy) is 1. The Morgan fingerprint density at radius 1 is 1.27 bits per heavy atom. The molecule has 2 N–H and O–H groups in total. The van der Waals surface area contributed by atoms with E-state index in [0.717, 1.165) is 25.7 Å². The molecule has 22 heavy (non-hydrogen) atoms. The number of hydrogen-bond donors (Lipinski definition) is 2.